The van der Waals surface area contributed by atoms with E-state index in [0.717, 1.165) is 30.2 Å². The van der Waals surface area contributed by atoms with Gasteiger partial charge >= 0.3 is 11.9 Å². The van der Waals surface area contributed by atoms with Gasteiger partial charge in [-0.25, -0.2) is 18.6 Å². The maximum Gasteiger partial charge on any atom is 0.328 e. The lowest BCUT2D eigenvalue weighted by molar-refractivity contribution is -0.156. The fourth-order valence-corrected chi connectivity index (χ4v) is 6.21. The Bertz CT molecular complexity index is 1340. The van der Waals surface area contributed by atoms with E-state index in [4.69, 9.17) is 16.1 Å². The Balaban J connectivity index is 1.55. The van der Waals surface area contributed by atoms with Crippen LogP contribution in [0.3, 0.4) is 0 Å². The number of hydrogen-bond donors (Lipinski definition) is 4. The number of β-lactam (4-membered cyclic amide) rings is 1. The quantitative estimate of drug-likeness (QED) is 0.192. The molecule has 1 aromatic carbocycles. The molecule has 13 nitrogen and oxygen atoms in total. The Morgan fingerprint density at radius 1 is 1.39 bits per heavy atom. The van der Waals surface area contributed by atoms with Gasteiger partial charge in [0.15, 0.2) is 27.4 Å². The fraction of sp³-hybridized carbons (Fsp3) is 0.278. The summed E-state index contributed by atoms with van der Waals surface area (Å²) in [6.07, 6.45) is 0.439. The highest BCUT2D eigenvalue weighted by Gasteiger charge is 2.69. The molecule has 2 aliphatic rings. The summed E-state index contributed by atoms with van der Waals surface area (Å²) in [5, 5.41) is 34.4. The van der Waals surface area contributed by atoms with Crippen LogP contribution in [0.2, 0.25) is 5.02 Å². The Morgan fingerprint density at radius 2 is 2.09 bits per heavy atom. The van der Waals surface area contributed by atoms with Gasteiger partial charge in [-0.1, -0.05) is 16.8 Å². The van der Waals surface area contributed by atoms with Crippen molar-refractivity contribution in [3.8, 4) is 22.8 Å². The molecule has 0 aliphatic carbocycles. The lowest BCUT2D eigenvalue weighted by atomic mass is 9.97. The first-order valence-corrected chi connectivity index (χ1v) is 11.1. The van der Waals surface area contributed by atoms with Crippen LogP contribution in [0, 0.1) is 0 Å². The van der Waals surface area contributed by atoms with Crippen molar-refractivity contribution in [2.45, 2.75) is 29.5 Å². The number of phenolic OH excluding ortho intramolecular Hbond substituents is 2. The van der Waals surface area contributed by atoms with Crippen molar-refractivity contribution in [2.24, 2.45) is 5.10 Å². The summed E-state index contributed by atoms with van der Waals surface area (Å²) in [6, 6.07) is 1.94. The number of carbonyl (C=O) groups is 3. The average Bonchev–Trinajstić information content (AvgIpc) is 3.27. The van der Waals surface area contributed by atoms with E-state index >= 15 is 0 Å². The van der Waals surface area contributed by atoms with Gasteiger partial charge in [0.05, 0.1) is 11.4 Å². The molecule has 2 aromatic rings. The summed E-state index contributed by atoms with van der Waals surface area (Å²) < 4.78 is 28.4. The average molecular weight is 499 g/mol. The van der Waals surface area contributed by atoms with Gasteiger partial charge in [0.1, 0.15) is 15.8 Å². The highest BCUT2D eigenvalue weighted by Crippen LogP contribution is 2.45. The minimum absolute atomic E-state index is 0.0450. The van der Waals surface area contributed by atoms with Crippen molar-refractivity contribution < 1.29 is 42.6 Å². The van der Waals surface area contributed by atoms with Gasteiger partial charge in [-0.05, 0) is 19.1 Å². The number of phenols is 2. The van der Waals surface area contributed by atoms with E-state index in [1.165, 1.54) is 6.07 Å². The van der Waals surface area contributed by atoms with E-state index in [-0.39, 0.29) is 28.5 Å². The number of nitrogens with zero attached hydrogens (tertiary/aromatic N) is 3. The third-order valence-corrected chi connectivity index (χ3v) is 8.61. The molecule has 4 rings (SSSR count). The van der Waals surface area contributed by atoms with E-state index < -0.39 is 55.3 Å². The van der Waals surface area contributed by atoms with Crippen molar-refractivity contribution in [1.29, 1.82) is 0 Å². The first kappa shape index (κ1) is 22.5. The zero-order valence-electron chi connectivity index (χ0n) is 16.6. The SMILES string of the molecule is C[C@]1(/C=N/NC(=O)c2cc(-c3ccc(O)c(O)c3Cl)no2)[C@H](C(=O)O)N2C(=O)C[C@H]2S1(=O)=O. The summed E-state index contributed by atoms with van der Waals surface area (Å²) in [6.45, 7) is 1.11. The third-order valence-electron chi connectivity index (χ3n) is 5.57. The van der Waals surface area contributed by atoms with Gasteiger partial charge in [-0.2, -0.15) is 5.10 Å². The molecule has 0 bridgehead atoms. The number of halogens is 1. The van der Waals surface area contributed by atoms with Crippen LogP contribution in [0.25, 0.3) is 11.3 Å². The minimum Gasteiger partial charge on any atom is -0.504 e. The molecule has 2 amide bonds. The predicted octanol–water partition coefficient (Wildman–Crippen LogP) is 0.320. The molecule has 33 heavy (non-hydrogen) atoms. The normalized spacial score (nSPS) is 25.6. The van der Waals surface area contributed by atoms with Crippen molar-refractivity contribution in [2.75, 3.05) is 0 Å². The number of rotatable bonds is 5. The third kappa shape index (κ3) is 3.21. The van der Waals surface area contributed by atoms with Crippen LogP contribution in [0.4, 0.5) is 0 Å². The number of hydrogen-bond acceptors (Lipinski definition) is 10. The zero-order chi connectivity index (χ0) is 24.3. The van der Waals surface area contributed by atoms with Crippen LogP contribution in [0.15, 0.2) is 27.8 Å². The summed E-state index contributed by atoms with van der Waals surface area (Å²) in [5.41, 5.74) is 2.22. The number of carbonyl (C=O) groups excluding carboxylic acids is 2. The monoisotopic (exact) mass is 498 g/mol. The van der Waals surface area contributed by atoms with Gasteiger partial charge in [-0.3, -0.25) is 9.59 Å². The van der Waals surface area contributed by atoms with E-state index in [1.54, 1.807) is 0 Å². The summed E-state index contributed by atoms with van der Waals surface area (Å²) in [7, 11) is -4.13. The molecule has 3 atom stereocenters. The molecule has 3 heterocycles. The number of fused-ring (bicyclic) bond motifs is 1. The number of aromatic nitrogens is 1. The summed E-state index contributed by atoms with van der Waals surface area (Å²) in [4.78, 5) is 36.6. The number of nitrogens with one attached hydrogen (secondary N) is 1. The Morgan fingerprint density at radius 3 is 2.73 bits per heavy atom. The number of sulfone groups is 1. The first-order chi connectivity index (χ1) is 15.4. The smallest absolute Gasteiger partial charge is 0.328 e. The van der Waals surface area contributed by atoms with E-state index in [1.807, 2.05) is 5.43 Å². The second-order valence-electron chi connectivity index (χ2n) is 7.50. The van der Waals surface area contributed by atoms with Gasteiger partial charge in [-0.15, -0.1) is 0 Å². The summed E-state index contributed by atoms with van der Waals surface area (Å²) in [5.74, 6) is -4.49. The lowest BCUT2D eigenvalue weighted by Crippen LogP contribution is -2.57. The molecular weight excluding hydrogens is 484 g/mol. The number of carboxylic acid groups (broad SMARTS) is 1. The van der Waals surface area contributed by atoms with Crippen LogP contribution in [-0.4, -0.2) is 74.0 Å². The number of aromatic hydroxyl groups is 2. The van der Waals surface area contributed by atoms with Crippen molar-refractivity contribution in [3.63, 3.8) is 0 Å². The molecule has 0 radical (unpaired) electrons. The van der Waals surface area contributed by atoms with E-state index in [0.29, 0.717) is 0 Å². The molecule has 0 spiro atoms. The Labute approximate surface area is 190 Å². The molecule has 1 aromatic heterocycles. The molecule has 15 heteroatoms. The molecule has 0 unspecified atom stereocenters. The maximum atomic E-state index is 12.8. The standard InChI is InChI=1S/C18H15ClN4O9S/c1-18(15(17(28)29)23-11(25)5-12(23)33(18,30)31)6-20-21-16(27)10-4-8(22-32-10)7-2-3-9(24)14(26)13(7)19/h2-4,6,12,15,24,26H,5H2,1H3,(H,21,27)(H,28,29)/b20-6+/t12-,15+,18+/m1/s1. The van der Waals surface area contributed by atoms with Crippen molar-refractivity contribution >= 4 is 45.4 Å². The van der Waals surface area contributed by atoms with Gasteiger partial charge < -0.3 is 24.7 Å². The van der Waals surface area contributed by atoms with Gasteiger partial charge in [0, 0.05) is 17.8 Å². The second-order valence-corrected chi connectivity index (χ2v) is 10.4. The summed E-state index contributed by atoms with van der Waals surface area (Å²) >= 11 is 5.95. The number of carboxylic acids is 1. The van der Waals surface area contributed by atoms with Crippen LogP contribution in [0.5, 0.6) is 11.5 Å². The van der Waals surface area contributed by atoms with Gasteiger partial charge in [0.2, 0.25) is 11.7 Å². The predicted molar refractivity (Wildman–Crippen MR) is 110 cm³/mol. The van der Waals surface area contributed by atoms with Crippen LogP contribution in [0.1, 0.15) is 23.9 Å². The van der Waals surface area contributed by atoms with Crippen LogP contribution >= 0.6 is 11.6 Å². The first-order valence-electron chi connectivity index (χ1n) is 9.19. The van der Waals surface area contributed by atoms with Crippen LogP contribution in [-0.2, 0) is 19.4 Å². The highest BCUT2D eigenvalue weighted by molar-refractivity contribution is 7.94. The van der Waals surface area contributed by atoms with Crippen molar-refractivity contribution in [1.82, 2.24) is 15.5 Å². The zero-order valence-corrected chi connectivity index (χ0v) is 18.2. The molecular formula is C18H15ClN4O9S. The number of benzene rings is 1. The minimum atomic E-state index is -4.13. The molecule has 0 saturated carbocycles. The number of amides is 2. The highest BCUT2D eigenvalue weighted by atomic mass is 35.5. The van der Waals surface area contributed by atoms with Gasteiger partial charge in [0.25, 0.3) is 0 Å². The topological polar surface area (TPSA) is 200 Å². The fourth-order valence-electron chi connectivity index (χ4n) is 3.74. The van der Waals surface area contributed by atoms with E-state index in [2.05, 4.69) is 10.3 Å². The molecule has 2 fully saturated rings. The Hall–Kier alpha value is -3.65. The van der Waals surface area contributed by atoms with E-state index in [9.17, 15) is 38.1 Å². The second kappa shape index (κ2) is 7.45. The lowest BCUT2D eigenvalue weighted by Gasteiger charge is -2.35. The molecule has 4 N–H and O–H groups in total. The maximum absolute atomic E-state index is 12.8. The van der Waals surface area contributed by atoms with Crippen molar-refractivity contribution in [3.05, 3.63) is 29.0 Å². The number of hydrazone groups is 1. The molecule has 2 aliphatic heterocycles. The van der Waals surface area contributed by atoms with Crippen LogP contribution < -0.4 is 5.43 Å². The molecule has 174 valence electrons. The molecule has 2 saturated heterocycles. The number of aliphatic carboxylic acids is 1. The Kier molecular flexibility index (Phi) is 5.09. The largest absolute Gasteiger partial charge is 0.504 e.